The Labute approximate surface area is 172 Å². The number of hydrogen-bond acceptors (Lipinski definition) is 8. The van der Waals surface area contributed by atoms with Crippen LogP contribution in [0, 0.1) is 0 Å². The molecule has 1 aromatic carbocycles. The van der Waals surface area contributed by atoms with E-state index in [1.807, 2.05) is 35.0 Å². The molecule has 148 valence electrons. The first kappa shape index (κ1) is 18.2. The molecular formula is C20H21N7OS. The molecule has 4 heterocycles. The number of anilines is 2. The molecule has 1 fully saturated rings. The van der Waals surface area contributed by atoms with Crippen LogP contribution in [-0.2, 0) is 17.8 Å². The van der Waals surface area contributed by atoms with Gasteiger partial charge in [-0.3, -0.25) is 4.90 Å². The molecule has 0 bridgehead atoms. The second-order valence-corrected chi connectivity index (χ2v) is 8.00. The van der Waals surface area contributed by atoms with E-state index in [0.717, 1.165) is 31.9 Å². The van der Waals surface area contributed by atoms with Crippen molar-refractivity contribution in [2.75, 3.05) is 25.0 Å². The number of aromatic nitrogens is 5. The van der Waals surface area contributed by atoms with Crippen LogP contribution in [0.2, 0.25) is 0 Å². The van der Waals surface area contributed by atoms with E-state index in [2.05, 4.69) is 48.0 Å². The van der Waals surface area contributed by atoms with E-state index < -0.39 is 0 Å². The molecule has 1 N–H and O–H groups in total. The van der Waals surface area contributed by atoms with Gasteiger partial charge >= 0.3 is 0 Å². The Kier molecular flexibility index (Phi) is 5.16. The van der Waals surface area contributed by atoms with Crippen LogP contribution in [0.5, 0.6) is 0 Å². The average Bonchev–Trinajstić information content (AvgIpc) is 3.40. The van der Waals surface area contributed by atoms with Gasteiger partial charge in [-0.1, -0.05) is 29.5 Å². The van der Waals surface area contributed by atoms with Gasteiger partial charge in [-0.2, -0.15) is 0 Å². The lowest BCUT2D eigenvalue weighted by molar-refractivity contribution is -0.0396. The molecule has 0 saturated carbocycles. The Morgan fingerprint density at radius 2 is 2.07 bits per heavy atom. The minimum absolute atomic E-state index is 0.0501. The smallest absolute Gasteiger partial charge is 0.183 e. The molecule has 1 saturated heterocycles. The topological polar surface area (TPSA) is 81.0 Å². The molecule has 4 aromatic rings. The summed E-state index contributed by atoms with van der Waals surface area (Å²) in [6.45, 7) is 4.10. The minimum Gasteiger partial charge on any atom is -0.374 e. The Morgan fingerprint density at radius 1 is 1.14 bits per heavy atom. The zero-order valence-corrected chi connectivity index (χ0v) is 16.6. The van der Waals surface area contributed by atoms with Crippen molar-refractivity contribution in [1.29, 1.82) is 0 Å². The summed E-state index contributed by atoms with van der Waals surface area (Å²) < 4.78 is 7.80. The predicted octanol–water partition coefficient (Wildman–Crippen LogP) is 2.93. The summed E-state index contributed by atoms with van der Waals surface area (Å²) in [6.07, 6.45) is 1.59. The van der Waals surface area contributed by atoms with Crippen molar-refractivity contribution in [1.82, 2.24) is 29.9 Å². The predicted molar refractivity (Wildman–Crippen MR) is 112 cm³/mol. The molecule has 8 nitrogen and oxygen atoms in total. The highest BCUT2D eigenvalue weighted by Gasteiger charge is 2.23. The van der Waals surface area contributed by atoms with Crippen LogP contribution in [0.1, 0.15) is 4.88 Å². The van der Waals surface area contributed by atoms with Crippen LogP contribution in [0.4, 0.5) is 11.5 Å². The van der Waals surface area contributed by atoms with E-state index in [4.69, 9.17) is 4.74 Å². The standard InChI is InChI=1S/C20H21N7OS/c1-2-5-15(6-3-1)23-19-18-20(22-14-21-19)27(25-24-18)12-16-11-26(8-9-28-16)13-17-7-4-10-29-17/h1-7,10,14,16H,8-9,11-13H2,(H,21,22,23)/t16-/m1/s1. The first-order valence-corrected chi connectivity index (χ1v) is 10.5. The highest BCUT2D eigenvalue weighted by Crippen LogP contribution is 2.21. The highest BCUT2D eigenvalue weighted by atomic mass is 32.1. The lowest BCUT2D eigenvalue weighted by atomic mass is 10.2. The maximum atomic E-state index is 5.99. The van der Waals surface area contributed by atoms with E-state index in [0.29, 0.717) is 23.5 Å². The Morgan fingerprint density at radius 3 is 2.93 bits per heavy atom. The largest absolute Gasteiger partial charge is 0.374 e. The number of para-hydroxylation sites is 1. The summed E-state index contributed by atoms with van der Waals surface area (Å²) >= 11 is 1.79. The third kappa shape index (κ3) is 4.12. The third-order valence-electron chi connectivity index (χ3n) is 4.90. The Bertz CT molecular complexity index is 1070. The molecule has 9 heteroatoms. The first-order chi connectivity index (χ1) is 14.3. The van der Waals surface area contributed by atoms with Crippen LogP contribution in [0.25, 0.3) is 11.2 Å². The Hall–Kier alpha value is -2.88. The van der Waals surface area contributed by atoms with Gasteiger partial charge in [0.25, 0.3) is 0 Å². The average molecular weight is 408 g/mol. The number of ether oxygens (including phenoxy) is 1. The van der Waals surface area contributed by atoms with Gasteiger partial charge in [0.2, 0.25) is 0 Å². The summed E-state index contributed by atoms with van der Waals surface area (Å²) in [4.78, 5) is 12.6. The molecule has 0 aliphatic carbocycles. The van der Waals surface area contributed by atoms with Crippen LogP contribution < -0.4 is 5.32 Å². The van der Waals surface area contributed by atoms with Crippen LogP contribution in [0.15, 0.2) is 54.2 Å². The fourth-order valence-electron chi connectivity index (χ4n) is 3.51. The normalized spacial score (nSPS) is 17.6. The van der Waals surface area contributed by atoms with Crippen LogP contribution in [-0.4, -0.2) is 55.7 Å². The van der Waals surface area contributed by atoms with Crippen molar-refractivity contribution in [3.8, 4) is 0 Å². The number of thiophene rings is 1. The SMILES string of the molecule is c1ccc(Nc2ncnc3c2nnn3C[C@H]2CN(Cc3cccs3)CCO2)cc1. The number of fused-ring (bicyclic) bond motifs is 1. The maximum Gasteiger partial charge on any atom is 0.183 e. The zero-order chi connectivity index (χ0) is 19.5. The molecule has 0 spiro atoms. The molecule has 0 radical (unpaired) electrons. The van der Waals surface area contributed by atoms with Crippen molar-refractivity contribution in [3.05, 3.63) is 59.0 Å². The van der Waals surface area contributed by atoms with Crippen LogP contribution >= 0.6 is 11.3 Å². The first-order valence-electron chi connectivity index (χ1n) is 9.58. The lowest BCUT2D eigenvalue weighted by Gasteiger charge is -2.32. The number of rotatable bonds is 6. The van der Waals surface area contributed by atoms with E-state index in [9.17, 15) is 0 Å². The maximum absolute atomic E-state index is 5.99. The van der Waals surface area contributed by atoms with Gasteiger partial charge in [0.1, 0.15) is 6.33 Å². The van der Waals surface area contributed by atoms with Crippen molar-refractivity contribution in [3.63, 3.8) is 0 Å². The molecule has 3 aromatic heterocycles. The van der Waals surface area contributed by atoms with Crippen molar-refractivity contribution in [2.24, 2.45) is 0 Å². The van der Waals surface area contributed by atoms with Gasteiger partial charge < -0.3 is 10.1 Å². The monoisotopic (exact) mass is 407 g/mol. The second kappa shape index (κ2) is 8.24. The van der Waals surface area contributed by atoms with Gasteiger partial charge in [-0.05, 0) is 23.6 Å². The minimum atomic E-state index is 0.0501. The molecule has 29 heavy (non-hydrogen) atoms. The summed E-state index contributed by atoms with van der Waals surface area (Å²) in [7, 11) is 0. The summed E-state index contributed by atoms with van der Waals surface area (Å²) in [5, 5.41) is 14.0. The molecule has 0 unspecified atom stereocenters. The lowest BCUT2D eigenvalue weighted by Crippen LogP contribution is -2.43. The number of nitrogens with zero attached hydrogens (tertiary/aromatic N) is 6. The quantitative estimate of drug-likeness (QED) is 0.526. The molecule has 1 aliphatic rings. The third-order valence-corrected chi connectivity index (χ3v) is 5.76. The molecular weight excluding hydrogens is 386 g/mol. The van der Waals surface area contributed by atoms with E-state index >= 15 is 0 Å². The number of hydrogen-bond donors (Lipinski definition) is 1. The molecule has 1 atom stereocenters. The van der Waals surface area contributed by atoms with Gasteiger partial charge in [-0.25, -0.2) is 14.6 Å². The van der Waals surface area contributed by atoms with Crippen molar-refractivity contribution in [2.45, 2.75) is 19.2 Å². The van der Waals surface area contributed by atoms with Crippen LogP contribution in [0.3, 0.4) is 0 Å². The summed E-state index contributed by atoms with van der Waals surface area (Å²) in [5.74, 6) is 0.649. The van der Waals surface area contributed by atoms with Gasteiger partial charge in [0.15, 0.2) is 17.0 Å². The van der Waals surface area contributed by atoms with Gasteiger partial charge in [0, 0.05) is 30.2 Å². The Balaban J connectivity index is 1.31. The molecule has 0 amide bonds. The van der Waals surface area contributed by atoms with Crippen molar-refractivity contribution < 1.29 is 4.74 Å². The summed E-state index contributed by atoms with van der Waals surface area (Å²) in [6, 6.07) is 14.2. The molecule has 1 aliphatic heterocycles. The van der Waals surface area contributed by atoms with E-state index in [1.54, 1.807) is 11.3 Å². The zero-order valence-electron chi connectivity index (χ0n) is 15.8. The van der Waals surface area contributed by atoms with Gasteiger partial charge in [-0.15, -0.1) is 16.4 Å². The summed E-state index contributed by atoms with van der Waals surface area (Å²) in [5.41, 5.74) is 2.31. The molecule has 5 rings (SSSR count). The number of benzene rings is 1. The number of nitrogens with one attached hydrogen (secondary N) is 1. The fourth-order valence-corrected chi connectivity index (χ4v) is 4.26. The highest BCUT2D eigenvalue weighted by molar-refractivity contribution is 7.09. The second-order valence-electron chi connectivity index (χ2n) is 6.96. The fraction of sp³-hybridized carbons (Fsp3) is 0.300. The van der Waals surface area contributed by atoms with E-state index in [1.165, 1.54) is 11.2 Å². The van der Waals surface area contributed by atoms with Gasteiger partial charge in [0.05, 0.1) is 19.3 Å². The number of morpholine rings is 1. The van der Waals surface area contributed by atoms with E-state index in [-0.39, 0.29) is 6.10 Å². The van der Waals surface area contributed by atoms with Crippen molar-refractivity contribution >= 4 is 34.0 Å².